The molecule has 0 aromatic rings. The van der Waals surface area contributed by atoms with Crippen LogP contribution in [0.1, 0.15) is 168 Å². The van der Waals surface area contributed by atoms with Crippen molar-refractivity contribution < 1.29 is 61.6 Å². The highest BCUT2D eigenvalue weighted by Gasteiger charge is 2.28. The fraction of sp³-hybridized carbons (Fsp3) is 0.727. The molecule has 1 unspecified atom stereocenters. The molecule has 0 aliphatic carbocycles. The minimum atomic E-state index is -4.87. The Morgan fingerprint density at radius 1 is 0.492 bits per heavy atom. The second-order valence-corrected chi connectivity index (χ2v) is 17.3. The van der Waals surface area contributed by atoms with E-state index in [0.717, 1.165) is 64.2 Å². The summed E-state index contributed by atoms with van der Waals surface area (Å²) in [5, 5.41) is 9.74. The third kappa shape index (κ3) is 43.7. The average Bonchev–Trinajstić information content (AvgIpc) is 3.19. The minimum absolute atomic E-state index is 0.0520. The van der Waals surface area contributed by atoms with E-state index in [1.807, 2.05) is 12.2 Å². The number of ether oxygens (including phenoxy) is 2. The zero-order valence-corrected chi connectivity index (χ0v) is 37.9. The van der Waals surface area contributed by atoms with Gasteiger partial charge in [0.15, 0.2) is 6.10 Å². The third-order valence-corrected chi connectivity index (χ3v) is 10.3. The van der Waals surface area contributed by atoms with Crippen LogP contribution in [0, 0.1) is 0 Å². The van der Waals surface area contributed by atoms with E-state index in [1.54, 1.807) is 0 Å². The maximum Gasteiger partial charge on any atom is 0.472 e. The Balaban J connectivity index is 4.63. The first-order valence-corrected chi connectivity index (χ1v) is 25.0. The molecule has 342 valence electrons. The van der Waals surface area contributed by atoms with Crippen molar-refractivity contribution in [1.29, 1.82) is 0 Å². The Kier molecular flexibility index (Phi) is 38.5. The number of carbonyl (C=O) groups is 2. The molecule has 59 heavy (non-hydrogen) atoms. The predicted octanol–water partition coefficient (Wildman–Crippen LogP) is 11.2. The average molecular weight is 877 g/mol. The summed E-state index contributed by atoms with van der Waals surface area (Å²) >= 11 is 0. The highest BCUT2D eigenvalue weighted by atomic mass is 31.2. The molecule has 0 fully saturated rings. The van der Waals surface area contributed by atoms with Crippen LogP contribution in [0.5, 0.6) is 0 Å². The van der Waals surface area contributed by atoms with Crippen molar-refractivity contribution in [1.82, 2.24) is 0 Å². The standard InChI is InChI=1S/C44H78O13P2/c1-3-5-7-9-11-13-15-17-19-20-22-24-26-28-30-32-34-36-44(47)57-42(40-56-59(51,52)55-38-41(45)37-54-58(48,49)50)39-53-43(46)35-33-31-29-27-25-23-21-18-16-14-12-10-8-6-4-2/h11,13,17-19,21-22,24,28,30,41-42,45H,3-10,12,14-16,20,23,25-27,29,31-40H2,1-2H3,(H,51,52)(H2,48,49,50)/b13-11-,19-17-,21-18-,24-22-,30-28-/t41-,42+/m0/s1. The van der Waals surface area contributed by atoms with Gasteiger partial charge in [0.25, 0.3) is 0 Å². The number of esters is 2. The van der Waals surface area contributed by atoms with Crippen LogP contribution < -0.4 is 0 Å². The van der Waals surface area contributed by atoms with E-state index in [2.05, 4.69) is 71.5 Å². The van der Waals surface area contributed by atoms with Gasteiger partial charge in [-0.2, -0.15) is 0 Å². The van der Waals surface area contributed by atoms with Crippen molar-refractivity contribution in [3.05, 3.63) is 60.8 Å². The molecule has 0 heterocycles. The maximum absolute atomic E-state index is 12.6. The van der Waals surface area contributed by atoms with Crippen molar-refractivity contribution >= 4 is 27.6 Å². The molecule has 0 aromatic heterocycles. The first-order valence-electron chi connectivity index (χ1n) is 22.0. The van der Waals surface area contributed by atoms with E-state index >= 15 is 0 Å². The molecule has 0 saturated carbocycles. The van der Waals surface area contributed by atoms with Crippen LogP contribution in [-0.4, -0.2) is 70.4 Å². The summed E-state index contributed by atoms with van der Waals surface area (Å²) < 4.78 is 47.7. The highest BCUT2D eigenvalue weighted by Crippen LogP contribution is 2.43. The van der Waals surface area contributed by atoms with Gasteiger partial charge in [0.05, 0.1) is 19.8 Å². The SMILES string of the molecule is CCCCC/C=C\C/C=C\C/C=C\C/C=C\CCCC(=O)O[C@H](COC(=O)CCCCCCC/C=C\CCCCCCCC)COP(=O)(O)OC[C@@H](O)COP(=O)(O)O. The van der Waals surface area contributed by atoms with Crippen molar-refractivity contribution in [2.45, 2.75) is 180 Å². The monoisotopic (exact) mass is 876 g/mol. The molecule has 0 radical (unpaired) electrons. The number of hydrogen-bond donors (Lipinski definition) is 4. The lowest BCUT2D eigenvalue weighted by Crippen LogP contribution is -2.29. The summed E-state index contributed by atoms with van der Waals surface area (Å²) in [5.74, 6) is -1.11. The van der Waals surface area contributed by atoms with Crippen LogP contribution in [0.4, 0.5) is 0 Å². The second kappa shape index (κ2) is 39.9. The Morgan fingerprint density at radius 3 is 1.46 bits per heavy atom. The van der Waals surface area contributed by atoms with E-state index in [-0.39, 0.29) is 12.8 Å². The first kappa shape index (κ1) is 56.8. The Hall–Kier alpha value is -2.18. The van der Waals surface area contributed by atoms with Gasteiger partial charge in [-0.15, -0.1) is 0 Å². The lowest BCUT2D eigenvalue weighted by atomic mass is 10.1. The van der Waals surface area contributed by atoms with Crippen LogP contribution in [0.25, 0.3) is 0 Å². The molecule has 0 amide bonds. The normalized spacial score (nSPS) is 14.6. The zero-order chi connectivity index (χ0) is 43.7. The lowest BCUT2D eigenvalue weighted by molar-refractivity contribution is -0.161. The van der Waals surface area contributed by atoms with Gasteiger partial charge in [-0.1, -0.05) is 139 Å². The van der Waals surface area contributed by atoms with Crippen LogP contribution in [0.3, 0.4) is 0 Å². The van der Waals surface area contributed by atoms with Crippen molar-refractivity contribution in [2.24, 2.45) is 0 Å². The Morgan fingerprint density at radius 2 is 0.898 bits per heavy atom. The van der Waals surface area contributed by atoms with Crippen LogP contribution in [0.15, 0.2) is 60.8 Å². The smallest absolute Gasteiger partial charge is 0.462 e. The topological polar surface area (TPSA) is 195 Å². The van der Waals surface area contributed by atoms with E-state index < -0.39 is 66.2 Å². The largest absolute Gasteiger partial charge is 0.472 e. The molecule has 0 aliphatic heterocycles. The number of phosphoric ester groups is 2. The van der Waals surface area contributed by atoms with E-state index in [0.29, 0.717) is 19.3 Å². The summed E-state index contributed by atoms with van der Waals surface area (Å²) in [5.41, 5.74) is 0. The number of hydrogen-bond acceptors (Lipinski definition) is 10. The fourth-order valence-corrected chi connectivity index (χ4v) is 6.67. The molecule has 3 atom stereocenters. The van der Waals surface area contributed by atoms with E-state index in [4.69, 9.17) is 23.8 Å². The number of allylic oxidation sites excluding steroid dienone is 10. The molecule has 0 spiro atoms. The molecule has 4 N–H and O–H groups in total. The minimum Gasteiger partial charge on any atom is -0.462 e. The number of rotatable bonds is 41. The second-order valence-electron chi connectivity index (χ2n) is 14.6. The van der Waals surface area contributed by atoms with Gasteiger partial charge in [-0.3, -0.25) is 23.2 Å². The lowest BCUT2D eigenvalue weighted by Gasteiger charge is -2.20. The molecular weight excluding hydrogens is 798 g/mol. The van der Waals surface area contributed by atoms with Gasteiger partial charge >= 0.3 is 27.6 Å². The van der Waals surface area contributed by atoms with Gasteiger partial charge in [0, 0.05) is 12.8 Å². The summed E-state index contributed by atoms with van der Waals surface area (Å²) in [6.07, 6.45) is 42.2. The Bertz CT molecular complexity index is 1280. The van der Waals surface area contributed by atoms with Gasteiger partial charge in [0.2, 0.25) is 0 Å². The zero-order valence-electron chi connectivity index (χ0n) is 36.1. The summed E-state index contributed by atoms with van der Waals surface area (Å²) in [4.78, 5) is 52.7. The predicted molar refractivity (Wildman–Crippen MR) is 234 cm³/mol. The molecule has 15 heteroatoms. The van der Waals surface area contributed by atoms with Crippen LogP contribution >= 0.6 is 15.6 Å². The van der Waals surface area contributed by atoms with Gasteiger partial charge in [0.1, 0.15) is 12.7 Å². The number of phosphoric acid groups is 2. The number of carbonyl (C=O) groups excluding carboxylic acids is 2. The van der Waals surface area contributed by atoms with E-state index in [9.17, 15) is 28.7 Å². The first-order chi connectivity index (χ1) is 28.4. The van der Waals surface area contributed by atoms with Crippen LogP contribution in [-0.2, 0) is 41.8 Å². The molecule has 0 aliphatic rings. The molecule has 0 saturated heterocycles. The number of aliphatic hydroxyl groups is 1. The van der Waals surface area contributed by atoms with Crippen LogP contribution in [0.2, 0.25) is 0 Å². The number of aliphatic hydroxyl groups excluding tert-OH is 1. The summed E-state index contributed by atoms with van der Waals surface area (Å²) in [7, 11) is -9.69. The van der Waals surface area contributed by atoms with Gasteiger partial charge in [-0.05, 0) is 77.0 Å². The molecule has 0 rings (SSSR count). The highest BCUT2D eigenvalue weighted by molar-refractivity contribution is 7.47. The summed E-state index contributed by atoms with van der Waals surface area (Å²) in [6.45, 7) is 1.65. The fourth-order valence-electron chi connectivity index (χ4n) is 5.51. The third-order valence-electron chi connectivity index (χ3n) is 8.87. The van der Waals surface area contributed by atoms with Crippen molar-refractivity contribution in [3.63, 3.8) is 0 Å². The van der Waals surface area contributed by atoms with Crippen molar-refractivity contribution in [3.8, 4) is 0 Å². The summed E-state index contributed by atoms with van der Waals surface area (Å²) in [6, 6.07) is 0. The van der Waals surface area contributed by atoms with Gasteiger partial charge in [-0.25, -0.2) is 9.13 Å². The molecular formula is C44H78O13P2. The Labute approximate surface area is 355 Å². The van der Waals surface area contributed by atoms with Gasteiger partial charge < -0.3 is 29.3 Å². The molecule has 13 nitrogen and oxygen atoms in total. The molecule has 0 aromatic carbocycles. The van der Waals surface area contributed by atoms with E-state index in [1.165, 1.54) is 57.8 Å². The van der Waals surface area contributed by atoms with Crippen molar-refractivity contribution in [2.75, 3.05) is 26.4 Å². The maximum atomic E-state index is 12.6. The quantitative estimate of drug-likeness (QED) is 0.0196. The number of unbranched alkanes of at least 4 members (excludes halogenated alkanes) is 15. The molecule has 0 bridgehead atoms.